The van der Waals surface area contributed by atoms with Crippen molar-refractivity contribution in [1.82, 2.24) is 10.6 Å². The molecule has 0 aromatic carbocycles. The summed E-state index contributed by atoms with van der Waals surface area (Å²) in [6.45, 7) is 1.60. The zero-order valence-corrected chi connectivity index (χ0v) is 11.3. The average Bonchev–Trinajstić information content (AvgIpc) is 3.13. The summed E-state index contributed by atoms with van der Waals surface area (Å²) >= 11 is 0. The molecule has 7 nitrogen and oxygen atoms in total. The van der Waals surface area contributed by atoms with Gasteiger partial charge in [0.2, 0.25) is 11.8 Å². The molecule has 7 heteroatoms. The van der Waals surface area contributed by atoms with Crippen molar-refractivity contribution < 1.29 is 23.9 Å². The van der Waals surface area contributed by atoms with Crippen LogP contribution in [0.5, 0.6) is 0 Å². The van der Waals surface area contributed by atoms with E-state index in [9.17, 15) is 14.4 Å². The van der Waals surface area contributed by atoms with Crippen LogP contribution in [0.3, 0.4) is 0 Å². The summed E-state index contributed by atoms with van der Waals surface area (Å²) in [6.07, 6.45) is 1.05. The van der Waals surface area contributed by atoms with Crippen LogP contribution >= 0.6 is 0 Å². The van der Waals surface area contributed by atoms with E-state index >= 15 is 0 Å². The number of aryl methyl sites for hydroxylation is 1. The van der Waals surface area contributed by atoms with E-state index in [-0.39, 0.29) is 29.7 Å². The van der Waals surface area contributed by atoms with Gasteiger partial charge in [0.1, 0.15) is 22.5 Å². The molecule has 0 saturated heterocycles. The highest BCUT2D eigenvalue weighted by Crippen LogP contribution is 2.46. The van der Waals surface area contributed by atoms with Gasteiger partial charge in [0.05, 0.1) is 6.54 Å². The van der Waals surface area contributed by atoms with Crippen molar-refractivity contribution in [3.8, 4) is 0 Å². The van der Waals surface area contributed by atoms with E-state index in [1.807, 2.05) is 0 Å². The van der Waals surface area contributed by atoms with Crippen molar-refractivity contribution in [2.24, 2.45) is 5.41 Å². The van der Waals surface area contributed by atoms with Gasteiger partial charge in [0, 0.05) is 7.05 Å². The summed E-state index contributed by atoms with van der Waals surface area (Å²) in [4.78, 5) is 34.5. The SMILES string of the molecule is CNC(=O)C1(C(=O)NCc2cc(C(=O)O)c(C)o2)CC1. The summed E-state index contributed by atoms with van der Waals surface area (Å²) in [5.41, 5.74) is -0.895. The molecule has 20 heavy (non-hydrogen) atoms. The summed E-state index contributed by atoms with van der Waals surface area (Å²) in [5, 5.41) is 14.0. The van der Waals surface area contributed by atoms with Crippen LogP contribution in [0.4, 0.5) is 0 Å². The molecular weight excluding hydrogens is 264 g/mol. The maximum atomic E-state index is 12.0. The van der Waals surface area contributed by atoms with Crippen molar-refractivity contribution in [1.29, 1.82) is 0 Å². The highest BCUT2D eigenvalue weighted by Gasteiger charge is 2.56. The number of amides is 2. The van der Waals surface area contributed by atoms with Crippen molar-refractivity contribution in [3.63, 3.8) is 0 Å². The molecule has 1 aliphatic carbocycles. The molecule has 1 aromatic heterocycles. The summed E-state index contributed by atoms with van der Waals surface area (Å²) < 4.78 is 5.25. The lowest BCUT2D eigenvalue weighted by Gasteiger charge is -2.12. The van der Waals surface area contributed by atoms with Gasteiger partial charge in [-0.1, -0.05) is 0 Å². The van der Waals surface area contributed by atoms with Crippen LogP contribution in [0.2, 0.25) is 0 Å². The molecule has 2 amide bonds. The maximum absolute atomic E-state index is 12.0. The number of nitrogens with one attached hydrogen (secondary N) is 2. The second-order valence-electron chi connectivity index (χ2n) is 4.83. The van der Waals surface area contributed by atoms with Crippen LogP contribution < -0.4 is 10.6 Å². The largest absolute Gasteiger partial charge is 0.478 e. The van der Waals surface area contributed by atoms with Crippen molar-refractivity contribution in [2.75, 3.05) is 7.05 Å². The highest BCUT2D eigenvalue weighted by atomic mass is 16.4. The number of carboxylic acids is 1. The Balaban J connectivity index is 1.99. The molecule has 0 spiro atoms. The summed E-state index contributed by atoms with van der Waals surface area (Å²) in [5.74, 6) is -1.09. The van der Waals surface area contributed by atoms with E-state index in [0.29, 0.717) is 18.6 Å². The number of carbonyl (C=O) groups is 3. The Morgan fingerprint density at radius 2 is 2.00 bits per heavy atom. The quantitative estimate of drug-likeness (QED) is 0.678. The first kappa shape index (κ1) is 14.1. The standard InChI is InChI=1S/C13H16N2O5/c1-7-9(10(16)17)5-8(20-7)6-15-12(19)13(3-4-13)11(18)14-2/h5H,3-4,6H2,1-2H3,(H,14,18)(H,15,19)(H,16,17). The smallest absolute Gasteiger partial charge is 0.339 e. The van der Waals surface area contributed by atoms with E-state index in [4.69, 9.17) is 9.52 Å². The third-order valence-corrected chi connectivity index (χ3v) is 3.47. The Morgan fingerprint density at radius 3 is 2.45 bits per heavy atom. The first-order valence-corrected chi connectivity index (χ1v) is 6.24. The van der Waals surface area contributed by atoms with Crippen molar-refractivity contribution in [3.05, 3.63) is 23.2 Å². The lowest BCUT2D eigenvalue weighted by atomic mass is 10.1. The number of hydrogen-bond donors (Lipinski definition) is 3. The van der Waals surface area contributed by atoms with Gasteiger partial charge in [0.25, 0.3) is 0 Å². The molecular formula is C13H16N2O5. The molecule has 0 bridgehead atoms. The van der Waals surface area contributed by atoms with Gasteiger partial charge >= 0.3 is 5.97 Å². The van der Waals surface area contributed by atoms with Gasteiger partial charge < -0.3 is 20.2 Å². The first-order chi connectivity index (χ1) is 9.40. The van der Waals surface area contributed by atoms with E-state index in [2.05, 4.69) is 10.6 Å². The van der Waals surface area contributed by atoms with Gasteiger partial charge in [-0.25, -0.2) is 4.79 Å². The zero-order valence-electron chi connectivity index (χ0n) is 11.3. The molecule has 3 N–H and O–H groups in total. The zero-order chi connectivity index (χ0) is 14.9. The van der Waals surface area contributed by atoms with Crippen LogP contribution in [0, 0.1) is 12.3 Å². The third kappa shape index (κ3) is 2.38. The Labute approximate surface area is 115 Å². The fourth-order valence-electron chi connectivity index (χ4n) is 2.10. The second kappa shape index (κ2) is 4.99. The van der Waals surface area contributed by atoms with E-state index in [1.54, 1.807) is 6.92 Å². The fourth-order valence-corrected chi connectivity index (χ4v) is 2.10. The Morgan fingerprint density at radius 1 is 1.35 bits per heavy atom. The van der Waals surface area contributed by atoms with Crippen LogP contribution in [0.1, 0.15) is 34.7 Å². The molecule has 1 aromatic rings. The lowest BCUT2D eigenvalue weighted by molar-refractivity contribution is -0.137. The minimum atomic E-state index is -1.08. The number of hydrogen-bond acceptors (Lipinski definition) is 4. The number of aromatic carboxylic acids is 1. The summed E-state index contributed by atoms with van der Waals surface area (Å²) in [6, 6.07) is 1.37. The Kier molecular flexibility index (Phi) is 3.52. The van der Waals surface area contributed by atoms with Gasteiger partial charge in [-0.2, -0.15) is 0 Å². The van der Waals surface area contributed by atoms with Crippen molar-refractivity contribution in [2.45, 2.75) is 26.3 Å². The molecule has 1 heterocycles. The molecule has 0 atom stereocenters. The van der Waals surface area contributed by atoms with Gasteiger partial charge in [0.15, 0.2) is 0 Å². The van der Waals surface area contributed by atoms with Gasteiger partial charge in [-0.3, -0.25) is 9.59 Å². The molecule has 1 aliphatic rings. The minimum absolute atomic E-state index is 0.0612. The number of carbonyl (C=O) groups excluding carboxylic acids is 2. The molecule has 1 saturated carbocycles. The number of carboxylic acid groups (broad SMARTS) is 1. The normalized spacial score (nSPS) is 15.5. The third-order valence-electron chi connectivity index (χ3n) is 3.47. The predicted octanol–water partition coefficient (Wildman–Crippen LogP) is 0.429. The van der Waals surface area contributed by atoms with E-state index < -0.39 is 11.4 Å². The van der Waals surface area contributed by atoms with Crippen LogP contribution in [0.25, 0.3) is 0 Å². The molecule has 1 fully saturated rings. The Hall–Kier alpha value is -2.31. The van der Waals surface area contributed by atoms with E-state index in [1.165, 1.54) is 13.1 Å². The molecule has 0 radical (unpaired) electrons. The summed E-state index contributed by atoms with van der Waals surface area (Å²) in [7, 11) is 1.49. The second-order valence-corrected chi connectivity index (χ2v) is 4.83. The predicted molar refractivity (Wildman–Crippen MR) is 68.0 cm³/mol. The molecule has 0 unspecified atom stereocenters. The van der Waals surface area contributed by atoms with E-state index in [0.717, 1.165) is 0 Å². The molecule has 108 valence electrons. The molecule has 2 rings (SSSR count). The topological polar surface area (TPSA) is 109 Å². The number of rotatable bonds is 5. The Bertz CT molecular complexity index is 571. The van der Waals surface area contributed by atoms with Crippen molar-refractivity contribution >= 4 is 17.8 Å². The lowest BCUT2D eigenvalue weighted by Crippen LogP contribution is -2.41. The van der Waals surface area contributed by atoms with Crippen LogP contribution in [0.15, 0.2) is 10.5 Å². The van der Waals surface area contributed by atoms with Gasteiger partial charge in [-0.15, -0.1) is 0 Å². The van der Waals surface area contributed by atoms with Gasteiger partial charge in [-0.05, 0) is 25.8 Å². The first-order valence-electron chi connectivity index (χ1n) is 6.24. The number of furan rings is 1. The van der Waals surface area contributed by atoms with Crippen LogP contribution in [-0.2, 0) is 16.1 Å². The minimum Gasteiger partial charge on any atom is -0.478 e. The fraction of sp³-hybridized carbons (Fsp3) is 0.462. The monoisotopic (exact) mass is 280 g/mol. The molecule has 0 aliphatic heterocycles. The maximum Gasteiger partial charge on any atom is 0.339 e. The van der Waals surface area contributed by atoms with Crippen LogP contribution in [-0.4, -0.2) is 29.9 Å². The highest BCUT2D eigenvalue weighted by molar-refractivity contribution is 6.07. The average molecular weight is 280 g/mol.